The second kappa shape index (κ2) is 8.12. The Morgan fingerprint density at radius 2 is 1.56 bits per heavy atom. The number of benzene rings is 3. The summed E-state index contributed by atoms with van der Waals surface area (Å²) in [6.07, 6.45) is 3.82. The minimum Gasteiger partial charge on any atom is -0.341 e. The second-order valence-corrected chi connectivity index (χ2v) is 8.44. The van der Waals surface area contributed by atoms with Crippen LogP contribution in [0.2, 0.25) is 0 Å². The van der Waals surface area contributed by atoms with Crippen LogP contribution < -0.4 is 5.56 Å². The van der Waals surface area contributed by atoms with Crippen molar-refractivity contribution in [1.29, 1.82) is 0 Å². The topological polar surface area (TPSA) is 52.7 Å². The zero-order valence-corrected chi connectivity index (χ0v) is 18.7. The van der Waals surface area contributed by atoms with Gasteiger partial charge in [-0.25, -0.2) is 0 Å². The van der Waals surface area contributed by atoms with E-state index in [4.69, 9.17) is 10.1 Å². The number of nitrogens with zero attached hydrogens (tertiary/aromatic N) is 4. The first-order chi connectivity index (χ1) is 16.7. The van der Waals surface area contributed by atoms with E-state index in [2.05, 4.69) is 28.8 Å². The number of para-hydroxylation sites is 2. The van der Waals surface area contributed by atoms with Gasteiger partial charge in [-0.1, -0.05) is 72.8 Å². The van der Waals surface area contributed by atoms with Crippen LogP contribution in [-0.4, -0.2) is 19.3 Å². The first-order valence-electron chi connectivity index (χ1n) is 11.3. The molecule has 0 N–H and O–H groups in total. The molecule has 4 aromatic rings. The molecule has 0 aliphatic carbocycles. The average Bonchev–Trinajstić information content (AvgIpc) is 3.21. The summed E-state index contributed by atoms with van der Waals surface area (Å²) < 4.78 is 3.61. The molecule has 0 amide bonds. The number of aromatic nitrogens is 4. The molecule has 0 saturated carbocycles. The highest BCUT2D eigenvalue weighted by molar-refractivity contribution is 5.93. The molecule has 0 bridgehead atoms. The summed E-state index contributed by atoms with van der Waals surface area (Å²) in [6.45, 7) is 2.55. The van der Waals surface area contributed by atoms with Crippen molar-refractivity contribution in [2.24, 2.45) is 0 Å². The summed E-state index contributed by atoms with van der Waals surface area (Å²) in [5, 5.41) is 5.69. The molecule has 2 aliphatic heterocycles. The molecule has 0 fully saturated rings. The van der Waals surface area contributed by atoms with Crippen molar-refractivity contribution in [2.75, 3.05) is 0 Å². The molecule has 2 aliphatic rings. The van der Waals surface area contributed by atoms with E-state index in [1.165, 1.54) is 4.68 Å². The Morgan fingerprint density at radius 1 is 0.794 bits per heavy atom. The lowest BCUT2D eigenvalue weighted by molar-refractivity contribution is 0.800. The molecule has 5 heteroatoms. The number of rotatable bonds is 4. The number of hydrogen-bond donors (Lipinski definition) is 0. The van der Waals surface area contributed by atoms with E-state index in [0.717, 1.165) is 39.0 Å². The first kappa shape index (κ1) is 20.1. The van der Waals surface area contributed by atoms with Gasteiger partial charge in [-0.3, -0.25) is 9.78 Å². The third kappa shape index (κ3) is 3.39. The molecule has 6 rings (SSSR count). The lowest BCUT2D eigenvalue weighted by Gasteiger charge is -2.13. The fourth-order valence-electron chi connectivity index (χ4n) is 4.47. The van der Waals surface area contributed by atoms with E-state index < -0.39 is 0 Å². The zero-order chi connectivity index (χ0) is 23.1. The smallest absolute Gasteiger partial charge is 0.282 e. The van der Waals surface area contributed by atoms with Crippen LogP contribution in [0.15, 0.2) is 108 Å². The average molecular weight is 443 g/mol. The Kier molecular flexibility index (Phi) is 4.81. The van der Waals surface area contributed by atoms with Crippen LogP contribution in [0.5, 0.6) is 0 Å². The molecular formula is C29H22N4O. The van der Waals surface area contributed by atoms with Crippen molar-refractivity contribution in [3.63, 3.8) is 0 Å². The van der Waals surface area contributed by atoms with Gasteiger partial charge in [0.1, 0.15) is 5.69 Å². The quantitative estimate of drug-likeness (QED) is 0.351. The monoisotopic (exact) mass is 442 g/mol. The van der Waals surface area contributed by atoms with E-state index >= 15 is 0 Å². The third-order valence-electron chi connectivity index (χ3n) is 6.24. The van der Waals surface area contributed by atoms with E-state index in [-0.39, 0.29) is 5.56 Å². The highest BCUT2D eigenvalue weighted by atomic mass is 16.1. The molecule has 3 aromatic carbocycles. The van der Waals surface area contributed by atoms with Gasteiger partial charge in [0, 0.05) is 23.3 Å². The van der Waals surface area contributed by atoms with Gasteiger partial charge in [0.25, 0.3) is 5.56 Å². The van der Waals surface area contributed by atoms with Gasteiger partial charge in [-0.05, 0) is 36.2 Å². The predicted octanol–water partition coefficient (Wildman–Crippen LogP) is 5.71. The lowest BCUT2D eigenvalue weighted by atomic mass is 10.1. The first-order valence-corrected chi connectivity index (χ1v) is 11.3. The molecule has 0 spiro atoms. The van der Waals surface area contributed by atoms with Gasteiger partial charge >= 0.3 is 0 Å². The fraction of sp³-hybridized carbons (Fsp3) is 0.0690. The molecule has 0 radical (unpaired) electrons. The van der Waals surface area contributed by atoms with Crippen molar-refractivity contribution in [3.05, 3.63) is 125 Å². The maximum atomic E-state index is 13.4. The summed E-state index contributed by atoms with van der Waals surface area (Å²) in [5.41, 5.74) is 7.17. The van der Waals surface area contributed by atoms with Crippen molar-refractivity contribution in [3.8, 4) is 28.1 Å². The van der Waals surface area contributed by atoms with Crippen LogP contribution in [0, 0.1) is 6.92 Å². The molecule has 5 nitrogen and oxygen atoms in total. The van der Waals surface area contributed by atoms with Crippen LogP contribution in [0.1, 0.15) is 11.3 Å². The van der Waals surface area contributed by atoms with Crippen LogP contribution in [0.4, 0.5) is 0 Å². The largest absolute Gasteiger partial charge is 0.341 e. The normalized spacial score (nSPS) is 11.3. The second-order valence-electron chi connectivity index (χ2n) is 8.44. The fourth-order valence-corrected chi connectivity index (χ4v) is 4.47. The van der Waals surface area contributed by atoms with Crippen molar-refractivity contribution < 1.29 is 0 Å². The summed E-state index contributed by atoms with van der Waals surface area (Å²) >= 11 is 0. The standard InChI is InChI=1S/C29H22N4O/c1-20-9-5-7-13-26(20)33-29(34)25-19-32(27-14-8-6-12-24(27)28(25)31-33)18-23-16-15-22(17-30-23)21-10-3-2-4-11-21/h2-17,19H,18H2,1H3. The number of hydrogen-bond acceptors (Lipinski definition) is 3. The van der Waals surface area contributed by atoms with Gasteiger partial charge < -0.3 is 4.57 Å². The SMILES string of the molecule is Cc1ccccc1-n1nc2c3ccccc3n(Cc3ccc(-c4ccccc4)cn3)cc-2c1=O. The lowest BCUT2D eigenvalue weighted by Crippen LogP contribution is -2.16. The van der Waals surface area contributed by atoms with Crippen molar-refractivity contribution >= 4 is 10.9 Å². The van der Waals surface area contributed by atoms with Crippen LogP contribution >= 0.6 is 0 Å². The third-order valence-corrected chi connectivity index (χ3v) is 6.24. The summed E-state index contributed by atoms with van der Waals surface area (Å²) in [4.78, 5) is 18.1. The Labute approximate surface area is 196 Å². The Morgan fingerprint density at radius 3 is 2.35 bits per heavy atom. The van der Waals surface area contributed by atoms with Gasteiger partial charge in [-0.15, -0.1) is 0 Å². The number of aryl methyl sites for hydroxylation is 1. The number of pyridine rings is 2. The predicted molar refractivity (Wildman–Crippen MR) is 135 cm³/mol. The Balaban J connectivity index is 1.46. The molecule has 1 aromatic heterocycles. The van der Waals surface area contributed by atoms with Crippen molar-refractivity contribution in [2.45, 2.75) is 13.5 Å². The zero-order valence-electron chi connectivity index (χ0n) is 18.7. The molecule has 34 heavy (non-hydrogen) atoms. The van der Waals surface area contributed by atoms with Crippen molar-refractivity contribution in [1.82, 2.24) is 19.3 Å². The molecular weight excluding hydrogens is 420 g/mol. The maximum Gasteiger partial charge on any atom is 0.282 e. The van der Waals surface area contributed by atoms with Crippen LogP contribution in [0.25, 0.3) is 39.0 Å². The minimum absolute atomic E-state index is 0.115. The van der Waals surface area contributed by atoms with Gasteiger partial charge in [0.2, 0.25) is 0 Å². The highest BCUT2D eigenvalue weighted by Gasteiger charge is 2.21. The molecule has 164 valence electrons. The summed E-state index contributed by atoms with van der Waals surface area (Å²) in [5.74, 6) is 0. The highest BCUT2D eigenvalue weighted by Crippen LogP contribution is 2.29. The Hall–Kier alpha value is -4.51. The minimum atomic E-state index is -0.115. The van der Waals surface area contributed by atoms with Crippen LogP contribution in [0.3, 0.4) is 0 Å². The van der Waals surface area contributed by atoms with E-state index in [0.29, 0.717) is 17.8 Å². The molecule has 0 unspecified atom stereocenters. The molecule has 3 heterocycles. The van der Waals surface area contributed by atoms with Gasteiger partial charge in [0.15, 0.2) is 0 Å². The Bertz CT molecular complexity index is 1650. The molecule has 0 atom stereocenters. The summed E-state index contributed by atoms with van der Waals surface area (Å²) in [7, 11) is 0. The van der Waals surface area contributed by atoms with E-state index in [1.807, 2.05) is 86.0 Å². The summed E-state index contributed by atoms with van der Waals surface area (Å²) in [6, 6.07) is 30.2. The molecule has 0 saturated heterocycles. The maximum absolute atomic E-state index is 13.4. The van der Waals surface area contributed by atoms with E-state index in [1.54, 1.807) is 0 Å². The van der Waals surface area contributed by atoms with Crippen LogP contribution in [-0.2, 0) is 6.54 Å². The number of fused-ring (bicyclic) bond motifs is 3. The van der Waals surface area contributed by atoms with Gasteiger partial charge in [-0.2, -0.15) is 9.78 Å². The van der Waals surface area contributed by atoms with E-state index in [9.17, 15) is 4.79 Å². The van der Waals surface area contributed by atoms with Gasteiger partial charge in [0.05, 0.1) is 29.0 Å².